The number of rotatable bonds is 5. The summed E-state index contributed by atoms with van der Waals surface area (Å²) in [5.74, 6) is 0.507. The van der Waals surface area contributed by atoms with Gasteiger partial charge in [0.1, 0.15) is 0 Å². The van der Waals surface area contributed by atoms with Crippen LogP contribution in [0.5, 0.6) is 0 Å². The van der Waals surface area contributed by atoms with Crippen molar-refractivity contribution < 1.29 is 13.2 Å². The molecule has 106 valence electrons. The Morgan fingerprint density at radius 3 is 2.53 bits per heavy atom. The maximum Gasteiger partial charge on any atom is 0.278 e. The zero-order valence-electron chi connectivity index (χ0n) is 11.1. The summed E-state index contributed by atoms with van der Waals surface area (Å²) in [7, 11) is 0.691. The van der Waals surface area contributed by atoms with E-state index in [4.69, 9.17) is 0 Å². The second-order valence-corrected chi connectivity index (χ2v) is 6.78. The van der Waals surface area contributed by atoms with Gasteiger partial charge in [-0.05, 0) is 12.8 Å². The normalized spacial score (nSPS) is 15.8. The second-order valence-electron chi connectivity index (χ2n) is 4.82. The Labute approximate surface area is 111 Å². The molecule has 1 aromatic rings. The molecule has 0 aromatic carbocycles. The van der Waals surface area contributed by atoms with Crippen molar-refractivity contribution >= 4 is 15.9 Å². The molecule has 0 radical (unpaired) electrons. The third-order valence-electron chi connectivity index (χ3n) is 2.94. The summed E-state index contributed by atoms with van der Waals surface area (Å²) in [4.78, 5) is 16.9. The third kappa shape index (κ3) is 2.92. The highest BCUT2D eigenvalue weighted by Crippen LogP contribution is 2.38. The van der Waals surface area contributed by atoms with E-state index in [1.165, 1.54) is 11.9 Å². The molecule has 0 aliphatic heterocycles. The molecule has 2 rings (SSSR count). The largest absolute Gasteiger partial charge is 0.348 e. The van der Waals surface area contributed by atoms with Gasteiger partial charge in [-0.15, -0.1) is 0 Å². The van der Waals surface area contributed by atoms with Crippen molar-refractivity contribution in [2.45, 2.75) is 23.9 Å². The van der Waals surface area contributed by atoms with Crippen LogP contribution in [0.2, 0.25) is 0 Å². The molecule has 1 heterocycles. The average Bonchev–Trinajstić information content (AvgIpc) is 3.06. The number of nitrogens with one attached hydrogen (secondary N) is 1. The van der Waals surface area contributed by atoms with Gasteiger partial charge in [0.15, 0.2) is 5.82 Å². The van der Waals surface area contributed by atoms with Gasteiger partial charge in [0.25, 0.3) is 15.2 Å². The molecular weight excluding hydrogens is 270 g/mol. The quantitative estimate of drug-likeness (QED) is 0.779. The number of sulfonamides is 1. The number of likely N-dealkylation sites (N-methyl/N-ethyl adjacent to an activating group) is 2. The van der Waals surface area contributed by atoms with Crippen molar-refractivity contribution in [1.29, 1.82) is 0 Å². The molecule has 9 heteroatoms. The lowest BCUT2D eigenvalue weighted by Crippen LogP contribution is -2.38. The summed E-state index contributed by atoms with van der Waals surface area (Å²) in [5.41, 5.74) is 0. The fourth-order valence-electron chi connectivity index (χ4n) is 1.46. The van der Waals surface area contributed by atoms with E-state index in [1.807, 2.05) is 0 Å². The van der Waals surface area contributed by atoms with Gasteiger partial charge in [-0.25, -0.2) is 18.5 Å². The molecule has 19 heavy (non-hydrogen) atoms. The molecule has 0 spiro atoms. The molecule has 0 bridgehead atoms. The molecule has 1 aliphatic rings. The Bertz CT molecular complexity index is 576. The first kappa shape index (κ1) is 13.9. The van der Waals surface area contributed by atoms with E-state index in [0.29, 0.717) is 5.82 Å². The first-order chi connectivity index (χ1) is 8.82. The lowest BCUT2D eigenvalue weighted by molar-refractivity contribution is -0.128. The van der Waals surface area contributed by atoms with Crippen LogP contribution in [0.3, 0.4) is 0 Å². The van der Waals surface area contributed by atoms with Gasteiger partial charge < -0.3 is 4.90 Å². The summed E-state index contributed by atoms with van der Waals surface area (Å²) in [6, 6.07) is 0. The monoisotopic (exact) mass is 287 g/mol. The minimum atomic E-state index is -3.80. The van der Waals surface area contributed by atoms with Gasteiger partial charge in [0.2, 0.25) is 5.91 Å². The van der Waals surface area contributed by atoms with E-state index in [0.717, 1.165) is 17.1 Å². The summed E-state index contributed by atoms with van der Waals surface area (Å²) in [6.45, 7) is -0.227. The fraction of sp³-hybridized carbons (Fsp3) is 0.700. The topological polar surface area (TPSA) is 99.3 Å². The van der Waals surface area contributed by atoms with Crippen molar-refractivity contribution in [3.63, 3.8) is 0 Å². The number of hydrogen-bond donors (Lipinski definition) is 1. The zero-order valence-corrected chi connectivity index (χ0v) is 11.9. The predicted octanol–water partition coefficient (Wildman–Crippen LogP) is -0.609. The third-order valence-corrected chi connectivity index (χ3v) is 4.56. The molecule has 8 nitrogen and oxygen atoms in total. The maximum atomic E-state index is 12.2. The van der Waals surface area contributed by atoms with E-state index in [9.17, 15) is 13.2 Å². The first-order valence-corrected chi connectivity index (χ1v) is 7.35. The Morgan fingerprint density at radius 2 is 2.00 bits per heavy atom. The molecule has 0 atom stereocenters. The Hall–Kier alpha value is -1.48. The van der Waals surface area contributed by atoms with Crippen LogP contribution >= 0.6 is 0 Å². The highest BCUT2D eigenvalue weighted by Gasteiger charge is 2.32. The maximum absolute atomic E-state index is 12.2. The zero-order chi connectivity index (χ0) is 14.2. The number of amides is 1. The van der Waals surface area contributed by atoms with Crippen molar-refractivity contribution in [3.8, 4) is 0 Å². The molecule has 1 aromatic heterocycles. The molecule has 0 unspecified atom stereocenters. The number of nitrogens with zero attached hydrogens (tertiary/aromatic N) is 4. The van der Waals surface area contributed by atoms with Gasteiger partial charge in [0, 0.05) is 27.1 Å². The van der Waals surface area contributed by atoms with Gasteiger partial charge in [-0.2, -0.15) is 9.40 Å². The smallest absolute Gasteiger partial charge is 0.278 e. The lowest BCUT2D eigenvalue weighted by atomic mass is 10.4. The van der Waals surface area contributed by atoms with Crippen LogP contribution in [0.25, 0.3) is 0 Å². The van der Waals surface area contributed by atoms with E-state index < -0.39 is 10.0 Å². The van der Waals surface area contributed by atoms with Crippen LogP contribution in [-0.2, 0) is 14.8 Å². The van der Waals surface area contributed by atoms with Crippen LogP contribution in [0.15, 0.2) is 5.16 Å². The number of aromatic nitrogens is 3. The summed E-state index contributed by atoms with van der Waals surface area (Å²) in [6.07, 6.45) is 1.98. The minimum absolute atomic E-state index is 0.205. The van der Waals surface area contributed by atoms with Crippen molar-refractivity contribution in [2.75, 3.05) is 27.7 Å². The molecule has 1 saturated carbocycles. The Morgan fingerprint density at radius 1 is 1.37 bits per heavy atom. The second kappa shape index (κ2) is 4.89. The van der Waals surface area contributed by atoms with Gasteiger partial charge in [-0.1, -0.05) is 0 Å². The van der Waals surface area contributed by atoms with Crippen LogP contribution in [0.4, 0.5) is 0 Å². The standard InChI is InChI=1S/C10H17N5O3S/c1-14(2)8(16)6-15(3)19(17,18)10-11-9(12-13-10)7-4-5-7/h7H,4-6H2,1-3H3,(H,11,12,13). The Kier molecular flexibility index (Phi) is 3.59. The average molecular weight is 287 g/mol. The highest BCUT2D eigenvalue weighted by molar-refractivity contribution is 7.88. The molecular formula is C10H17N5O3S. The number of aromatic amines is 1. The molecule has 1 aliphatic carbocycles. The van der Waals surface area contributed by atoms with Gasteiger partial charge in [0.05, 0.1) is 6.54 Å². The van der Waals surface area contributed by atoms with Gasteiger partial charge >= 0.3 is 0 Å². The SMILES string of the molecule is CN(C)C(=O)CN(C)S(=O)(=O)c1nc(C2CC2)n[nH]1. The van der Waals surface area contributed by atoms with E-state index in [1.54, 1.807) is 14.1 Å². The first-order valence-electron chi connectivity index (χ1n) is 5.91. The molecule has 1 N–H and O–H groups in total. The number of carbonyl (C=O) groups is 1. The summed E-state index contributed by atoms with van der Waals surface area (Å²) >= 11 is 0. The molecule has 1 fully saturated rings. The number of hydrogen-bond acceptors (Lipinski definition) is 5. The molecule has 1 amide bonds. The van der Waals surface area contributed by atoms with Crippen LogP contribution in [-0.4, -0.2) is 66.4 Å². The van der Waals surface area contributed by atoms with E-state index >= 15 is 0 Å². The Balaban J connectivity index is 2.13. The minimum Gasteiger partial charge on any atom is -0.348 e. The molecule has 0 saturated heterocycles. The van der Waals surface area contributed by atoms with Crippen molar-refractivity contribution in [2.24, 2.45) is 0 Å². The van der Waals surface area contributed by atoms with E-state index in [-0.39, 0.29) is 23.5 Å². The van der Waals surface area contributed by atoms with Crippen LogP contribution in [0.1, 0.15) is 24.6 Å². The van der Waals surface area contributed by atoms with Crippen LogP contribution < -0.4 is 0 Å². The summed E-state index contributed by atoms with van der Waals surface area (Å²) < 4.78 is 25.3. The summed E-state index contributed by atoms with van der Waals surface area (Å²) in [5, 5.41) is 6.13. The highest BCUT2D eigenvalue weighted by atomic mass is 32.2. The van der Waals surface area contributed by atoms with Crippen LogP contribution in [0, 0.1) is 0 Å². The van der Waals surface area contributed by atoms with Gasteiger partial charge in [-0.3, -0.25) is 4.79 Å². The number of carbonyl (C=O) groups excluding carboxylic acids is 1. The lowest BCUT2D eigenvalue weighted by Gasteiger charge is -2.17. The van der Waals surface area contributed by atoms with Crippen molar-refractivity contribution in [1.82, 2.24) is 24.4 Å². The number of H-pyrrole nitrogens is 1. The van der Waals surface area contributed by atoms with E-state index in [2.05, 4.69) is 15.2 Å². The predicted molar refractivity (Wildman–Crippen MR) is 66.9 cm³/mol. The fourth-order valence-corrected chi connectivity index (χ4v) is 2.41. The van der Waals surface area contributed by atoms with Crippen molar-refractivity contribution in [3.05, 3.63) is 5.82 Å².